The standard InChI is InChI=1S/C15H19N3O/c1-4-16-13-9-14(15(19)17-10(2)3)18-12-8-6-5-7-11(12)13/h5-10H,4H2,1-3H3,(H,16,18)(H,17,19). The van der Waals surface area contributed by atoms with Crippen LogP contribution >= 0.6 is 0 Å². The van der Waals surface area contributed by atoms with E-state index in [1.54, 1.807) is 0 Å². The van der Waals surface area contributed by atoms with Gasteiger partial charge in [-0.2, -0.15) is 0 Å². The summed E-state index contributed by atoms with van der Waals surface area (Å²) in [6.07, 6.45) is 0. The second-order valence-corrected chi connectivity index (χ2v) is 4.73. The molecule has 0 aliphatic carbocycles. The van der Waals surface area contributed by atoms with E-state index in [9.17, 15) is 4.79 Å². The van der Waals surface area contributed by atoms with E-state index in [0.29, 0.717) is 5.69 Å². The second kappa shape index (κ2) is 5.69. The summed E-state index contributed by atoms with van der Waals surface area (Å²) in [6.45, 7) is 6.70. The lowest BCUT2D eigenvalue weighted by molar-refractivity contribution is 0.0938. The van der Waals surface area contributed by atoms with Crippen molar-refractivity contribution >= 4 is 22.5 Å². The van der Waals surface area contributed by atoms with Gasteiger partial charge in [-0.3, -0.25) is 4.79 Å². The lowest BCUT2D eigenvalue weighted by atomic mass is 10.1. The van der Waals surface area contributed by atoms with E-state index in [1.165, 1.54) is 0 Å². The van der Waals surface area contributed by atoms with Crippen molar-refractivity contribution in [3.8, 4) is 0 Å². The number of nitrogens with one attached hydrogen (secondary N) is 2. The molecule has 1 aromatic heterocycles. The van der Waals surface area contributed by atoms with Gasteiger partial charge in [0.2, 0.25) is 0 Å². The van der Waals surface area contributed by atoms with E-state index in [2.05, 4.69) is 15.6 Å². The van der Waals surface area contributed by atoms with Gasteiger partial charge in [0.25, 0.3) is 5.91 Å². The first kappa shape index (κ1) is 13.3. The minimum atomic E-state index is -0.139. The molecule has 4 heteroatoms. The van der Waals surface area contributed by atoms with E-state index in [-0.39, 0.29) is 11.9 Å². The number of carbonyl (C=O) groups excluding carboxylic acids is 1. The maximum Gasteiger partial charge on any atom is 0.270 e. The van der Waals surface area contributed by atoms with E-state index in [4.69, 9.17) is 0 Å². The molecule has 4 nitrogen and oxygen atoms in total. The summed E-state index contributed by atoms with van der Waals surface area (Å²) in [4.78, 5) is 16.5. The zero-order chi connectivity index (χ0) is 13.8. The van der Waals surface area contributed by atoms with Gasteiger partial charge < -0.3 is 10.6 Å². The van der Waals surface area contributed by atoms with Crippen molar-refractivity contribution < 1.29 is 4.79 Å². The van der Waals surface area contributed by atoms with Crippen molar-refractivity contribution in [1.29, 1.82) is 0 Å². The van der Waals surface area contributed by atoms with Crippen LogP contribution in [0.2, 0.25) is 0 Å². The molecule has 2 N–H and O–H groups in total. The highest BCUT2D eigenvalue weighted by molar-refractivity contribution is 5.99. The third kappa shape index (κ3) is 3.02. The fraction of sp³-hybridized carbons (Fsp3) is 0.333. The van der Waals surface area contributed by atoms with Crippen molar-refractivity contribution in [2.24, 2.45) is 0 Å². The quantitative estimate of drug-likeness (QED) is 0.885. The maximum absolute atomic E-state index is 12.1. The molecule has 0 bridgehead atoms. The fourth-order valence-electron chi connectivity index (χ4n) is 1.96. The minimum Gasteiger partial charge on any atom is -0.385 e. The Hall–Kier alpha value is -2.10. The Morgan fingerprint density at radius 2 is 2.05 bits per heavy atom. The summed E-state index contributed by atoms with van der Waals surface area (Å²) in [5, 5.41) is 7.18. The molecule has 1 heterocycles. The van der Waals surface area contributed by atoms with Crippen LogP contribution in [0.15, 0.2) is 30.3 Å². The Balaban J connectivity index is 2.48. The molecule has 1 aromatic carbocycles. The summed E-state index contributed by atoms with van der Waals surface area (Å²) in [5.41, 5.74) is 2.22. The summed E-state index contributed by atoms with van der Waals surface area (Å²) in [6, 6.07) is 9.73. The first-order chi connectivity index (χ1) is 9.11. The van der Waals surface area contributed by atoms with Gasteiger partial charge in [-0.15, -0.1) is 0 Å². The summed E-state index contributed by atoms with van der Waals surface area (Å²) in [7, 11) is 0. The van der Waals surface area contributed by atoms with Crippen LogP contribution in [0.25, 0.3) is 10.9 Å². The average molecular weight is 257 g/mol. The van der Waals surface area contributed by atoms with Crippen LogP contribution in [-0.2, 0) is 0 Å². The third-order valence-corrected chi connectivity index (χ3v) is 2.74. The van der Waals surface area contributed by atoms with Crippen LogP contribution in [0, 0.1) is 0 Å². The zero-order valence-corrected chi connectivity index (χ0v) is 11.5. The SMILES string of the molecule is CCNc1cc(C(=O)NC(C)C)nc2ccccc12. The number of hydrogen-bond donors (Lipinski definition) is 2. The number of amides is 1. The first-order valence-electron chi connectivity index (χ1n) is 6.56. The molecule has 1 amide bonds. The number of pyridine rings is 1. The topological polar surface area (TPSA) is 54.0 Å². The molecule has 0 atom stereocenters. The average Bonchev–Trinajstić information content (AvgIpc) is 2.38. The summed E-state index contributed by atoms with van der Waals surface area (Å²) in [5.74, 6) is -0.139. The van der Waals surface area contributed by atoms with Gasteiger partial charge in [-0.1, -0.05) is 18.2 Å². The molecule has 100 valence electrons. The molecular formula is C15H19N3O. The first-order valence-corrected chi connectivity index (χ1v) is 6.56. The highest BCUT2D eigenvalue weighted by Crippen LogP contribution is 2.22. The molecule has 0 unspecified atom stereocenters. The van der Waals surface area contributed by atoms with Gasteiger partial charge in [0, 0.05) is 23.7 Å². The largest absolute Gasteiger partial charge is 0.385 e. The lowest BCUT2D eigenvalue weighted by Crippen LogP contribution is -2.30. The second-order valence-electron chi connectivity index (χ2n) is 4.73. The number of hydrogen-bond acceptors (Lipinski definition) is 3. The van der Waals surface area contributed by atoms with Crippen LogP contribution in [0.1, 0.15) is 31.3 Å². The summed E-state index contributed by atoms with van der Waals surface area (Å²) >= 11 is 0. The van der Waals surface area contributed by atoms with E-state index in [1.807, 2.05) is 51.1 Å². The Bertz CT molecular complexity index is 593. The van der Waals surface area contributed by atoms with Crippen LogP contribution in [0.3, 0.4) is 0 Å². The van der Waals surface area contributed by atoms with Crippen LogP contribution in [0.4, 0.5) is 5.69 Å². The normalized spacial score (nSPS) is 10.7. The fourth-order valence-corrected chi connectivity index (χ4v) is 1.96. The predicted molar refractivity (Wildman–Crippen MR) is 78.5 cm³/mol. The molecular weight excluding hydrogens is 238 g/mol. The zero-order valence-electron chi connectivity index (χ0n) is 11.5. The van der Waals surface area contributed by atoms with Crippen LogP contribution in [-0.4, -0.2) is 23.5 Å². The molecule has 0 fully saturated rings. The minimum absolute atomic E-state index is 0.100. The molecule has 0 spiro atoms. The molecule has 2 aromatic rings. The highest BCUT2D eigenvalue weighted by Gasteiger charge is 2.12. The van der Waals surface area contributed by atoms with Gasteiger partial charge >= 0.3 is 0 Å². The Morgan fingerprint density at radius 1 is 1.32 bits per heavy atom. The predicted octanol–water partition coefficient (Wildman–Crippen LogP) is 2.80. The van der Waals surface area contributed by atoms with Crippen molar-refractivity contribution in [2.75, 3.05) is 11.9 Å². The van der Waals surface area contributed by atoms with Gasteiger partial charge in [-0.25, -0.2) is 4.98 Å². The highest BCUT2D eigenvalue weighted by atomic mass is 16.1. The van der Waals surface area contributed by atoms with Crippen molar-refractivity contribution in [3.63, 3.8) is 0 Å². The number of anilines is 1. The monoisotopic (exact) mass is 257 g/mol. The number of nitrogens with zero attached hydrogens (tertiary/aromatic N) is 1. The van der Waals surface area contributed by atoms with Gasteiger partial charge in [0.05, 0.1) is 5.52 Å². The summed E-state index contributed by atoms with van der Waals surface area (Å²) < 4.78 is 0. The third-order valence-electron chi connectivity index (χ3n) is 2.74. The van der Waals surface area contributed by atoms with E-state index < -0.39 is 0 Å². The van der Waals surface area contributed by atoms with Crippen LogP contribution < -0.4 is 10.6 Å². The molecule has 0 aliphatic rings. The molecule has 19 heavy (non-hydrogen) atoms. The Labute approximate surface area is 113 Å². The number of benzene rings is 1. The Kier molecular flexibility index (Phi) is 4.00. The van der Waals surface area contributed by atoms with Gasteiger partial charge in [0.15, 0.2) is 0 Å². The van der Waals surface area contributed by atoms with E-state index in [0.717, 1.165) is 23.1 Å². The van der Waals surface area contributed by atoms with Gasteiger partial charge in [0.1, 0.15) is 5.69 Å². The van der Waals surface area contributed by atoms with E-state index >= 15 is 0 Å². The molecule has 0 saturated carbocycles. The maximum atomic E-state index is 12.1. The number of rotatable bonds is 4. The van der Waals surface area contributed by atoms with Crippen LogP contribution in [0.5, 0.6) is 0 Å². The number of carbonyl (C=O) groups is 1. The Morgan fingerprint density at radius 3 is 2.74 bits per heavy atom. The smallest absolute Gasteiger partial charge is 0.270 e. The van der Waals surface area contributed by atoms with Crippen molar-refractivity contribution in [1.82, 2.24) is 10.3 Å². The van der Waals surface area contributed by atoms with Crippen molar-refractivity contribution in [2.45, 2.75) is 26.8 Å². The van der Waals surface area contributed by atoms with Crippen molar-refractivity contribution in [3.05, 3.63) is 36.0 Å². The molecule has 0 radical (unpaired) electrons. The lowest BCUT2D eigenvalue weighted by Gasteiger charge is -2.12. The molecule has 2 rings (SSSR count). The number of aromatic nitrogens is 1. The number of fused-ring (bicyclic) bond motifs is 1. The number of para-hydroxylation sites is 1. The molecule has 0 aliphatic heterocycles. The molecule has 0 saturated heterocycles. The van der Waals surface area contributed by atoms with Gasteiger partial charge in [-0.05, 0) is 32.9 Å².